The van der Waals surface area contributed by atoms with E-state index in [-0.39, 0.29) is 24.5 Å². The molecule has 0 saturated carbocycles. The van der Waals surface area contributed by atoms with Gasteiger partial charge in [-0.15, -0.1) is 0 Å². The molecule has 1 saturated heterocycles. The minimum Gasteiger partial charge on any atom is -0.472 e. The zero-order valence-corrected chi connectivity index (χ0v) is 26.2. The minimum atomic E-state index is -0.310. The van der Waals surface area contributed by atoms with Crippen LogP contribution < -0.4 is 14.5 Å². The largest absolute Gasteiger partial charge is 0.472 e. The van der Waals surface area contributed by atoms with E-state index >= 15 is 0 Å². The van der Waals surface area contributed by atoms with Crippen LogP contribution in [0, 0.1) is 29.6 Å². The van der Waals surface area contributed by atoms with E-state index in [1.54, 1.807) is 4.90 Å². The summed E-state index contributed by atoms with van der Waals surface area (Å²) in [6.07, 6.45) is 2.84. The van der Waals surface area contributed by atoms with Gasteiger partial charge in [-0.05, 0) is 57.0 Å². The fourth-order valence-corrected chi connectivity index (χ4v) is 6.61. The van der Waals surface area contributed by atoms with Gasteiger partial charge in [0.1, 0.15) is 17.7 Å². The van der Waals surface area contributed by atoms with Gasteiger partial charge in [0, 0.05) is 49.4 Å². The first-order chi connectivity index (χ1) is 21.3. The third kappa shape index (κ3) is 6.06. The summed E-state index contributed by atoms with van der Waals surface area (Å²) in [6, 6.07) is 17.2. The Morgan fingerprint density at radius 3 is 2.64 bits per heavy atom. The number of amides is 1. The van der Waals surface area contributed by atoms with E-state index in [1.807, 2.05) is 14.1 Å². The number of nitriles is 2. The lowest BCUT2D eigenvalue weighted by Gasteiger charge is -2.43. The standard InChI is InChI=1S/C35H41N7O2/c1-6-27(22-39(4)5)44-35-29(20-37)34(41-18-19-42(32(43)7-2)26(21-41)14-16-36)28-15-17-40(23-30(28)38-35)31-13-9-12-25-11-8-10-24(3)33(25)31/h7-13,26-27H,2,6,14-15,17-19,21-23H2,1,3-5H3. The number of rotatable bonds is 9. The van der Waals surface area contributed by atoms with E-state index < -0.39 is 0 Å². The van der Waals surface area contributed by atoms with Crippen molar-refractivity contribution in [2.75, 3.05) is 56.6 Å². The summed E-state index contributed by atoms with van der Waals surface area (Å²) in [6.45, 7) is 11.3. The Hall–Kier alpha value is -4.60. The van der Waals surface area contributed by atoms with Crippen molar-refractivity contribution in [1.29, 1.82) is 10.5 Å². The Bertz CT molecular complexity index is 1630. The maximum Gasteiger partial charge on any atom is 0.246 e. The molecule has 2 aromatic carbocycles. The predicted molar refractivity (Wildman–Crippen MR) is 174 cm³/mol. The van der Waals surface area contributed by atoms with Crippen LogP contribution in [0.1, 0.15) is 42.1 Å². The van der Waals surface area contributed by atoms with E-state index in [2.05, 4.69) is 83.7 Å². The van der Waals surface area contributed by atoms with Gasteiger partial charge in [0.15, 0.2) is 0 Å². The quantitative estimate of drug-likeness (QED) is 0.327. The minimum absolute atomic E-state index is 0.135. The van der Waals surface area contributed by atoms with Gasteiger partial charge in [-0.25, -0.2) is 4.98 Å². The van der Waals surface area contributed by atoms with Crippen LogP contribution in [0.2, 0.25) is 0 Å². The van der Waals surface area contributed by atoms with Gasteiger partial charge in [0.25, 0.3) is 0 Å². The topological polar surface area (TPSA) is 99.7 Å². The van der Waals surface area contributed by atoms with Gasteiger partial charge in [-0.1, -0.05) is 43.8 Å². The highest BCUT2D eigenvalue weighted by molar-refractivity contribution is 5.97. The molecule has 228 valence electrons. The highest BCUT2D eigenvalue weighted by Gasteiger charge is 2.35. The summed E-state index contributed by atoms with van der Waals surface area (Å²) in [5, 5.41) is 22.6. The summed E-state index contributed by atoms with van der Waals surface area (Å²) in [4.78, 5) is 26.0. The zero-order valence-electron chi connectivity index (χ0n) is 26.2. The number of fused-ring (bicyclic) bond motifs is 2. The molecule has 2 aliphatic heterocycles. The average Bonchev–Trinajstić information content (AvgIpc) is 3.03. The van der Waals surface area contributed by atoms with Crippen molar-refractivity contribution in [2.24, 2.45) is 0 Å². The van der Waals surface area contributed by atoms with Gasteiger partial charge >= 0.3 is 0 Å². The van der Waals surface area contributed by atoms with Gasteiger partial charge in [0.05, 0.1) is 36.5 Å². The van der Waals surface area contributed by atoms with Crippen LogP contribution in [0.5, 0.6) is 5.88 Å². The van der Waals surface area contributed by atoms with Crippen molar-refractivity contribution in [2.45, 2.75) is 51.8 Å². The van der Waals surface area contributed by atoms with Gasteiger partial charge in [-0.2, -0.15) is 10.5 Å². The summed E-state index contributed by atoms with van der Waals surface area (Å²) < 4.78 is 6.52. The molecule has 2 aliphatic rings. The Balaban J connectivity index is 1.60. The zero-order chi connectivity index (χ0) is 31.4. The number of aromatic nitrogens is 1. The van der Waals surface area contributed by atoms with E-state index in [4.69, 9.17) is 9.72 Å². The van der Waals surface area contributed by atoms with Gasteiger partial charge in [-0.3, -0.25) is 4.79 Å². The molecule has 9 nitrogen and oxygen atoms in total. The molecule has 44 heavy (non-hydrogen) atoms. The second-order valence-corrected chi connectivity index (χ2v) is 11.9. The molecule has 2 unspecified atom stereocenters. The molecular formula is C35H41N7O2. The van der Waals surface area contributed by atoms with Crippen LogP contribution in [0.4, 0.5) is 11.4 Å². The molecular weight excluding hydrogens is 550 g/mol. The molecule has 0 bridgehead atoms. The van der Waals surface area contributed by atoms with Gasteiger partial charge < -0.3 is 24.3 Å². The number of aryl methyl sites for hydroxylation is 1. The number of ether oxygens (including phenoxy) is 1. The van der Waals surface area contributed by atoms with E-state index in [0.717, 1.165) is 29.9 Å². The SMILES string of the molecule is C=CC(=O)N1CCN(c2c(C#N)c(OC(CC)CN(C)C)nc3c2CCN(c2cccc4cccc(C)c24)C3)CC1CC#N. The molecule has 1 aromatic heterocycles. The summed E-state index contributed by atoms with van der Waals surface area (Å²) in [5.41, 5.74) is 5.59. The second-order valence-electron chi connectivity index (χ2n) is 11.9. The Kier molecular flexibility index (Phi) is 9.37. The van der Waals surface area contributed by atoms with E-state index in [9.17, 15) is 15.3 Å². The molecule has 5 rings (SSSR count). The smallest absolute Gasteiger partial charge is 0.246 e. The maximum absolute atomic E-state index is 12.6. The molecule has 0 N–H and O–H groups in total. The number of hydrogen-bond acceptors (Lipinski definition) is 8. The van der Waals surface area contributed by atoms with Crippen LogP contribution in [0.15, 0.2) is 49.1 Å². The first-order valence-electron chi connectivity index (χ1n) is 15.3. The van der Waals surface area contributed by atoms with Crippen molar-refractivity contribution in [3.63, 3.8) is 0 Å². The Morgan fingerprint density at radius 2 is 1.95 bits per heavy atom. The third-order valence-electron chi connectivity index (χ3n) is 8.72. The fourth-order valence-electron chi connectivity index (χ4n) is 6.61. The molecule has 3 aromatic rings. The second kappa shape index (κ2) is 13.4. The third-order valence-corrected chi connectivity index (χ3v) is 8.72. The van der Waals surface area contributed by atoms with Crippen LogP contribution in [-0.2, 0) is 17.8 Å². The number of hydrogen-bond donors (Lipinski definition) is 0. The molecule has 9 heteroatoms. The van der Waals surface area contributed by atoms with Crippen LogP contribution in [0.3, 0.4) is 0 Å². The Labute approximate surface area is 260 Å². The normalized spacial score (nSPS) is 17.2. The molecule has 0 spiro atoms. The lowest BCUT2D eigenvalue weighted by molar-refractivity contribution is -0.128. The maximum atomic E-state index is 12.6. The number of nitrogens with zero attached hydrogens (tertiary/aromatic N) is 7. The number of carbonyl (C=O) groups excluding carboxylic acids is 1. The van der Waals surface area contributed by atoms with Crippen molar-refractivity contribution >= 4 is 28.1 Å². The molecule has 0 radical (unpaired) electrons. The molecule has 3 heterocycles. The van der Waals surface area contributed by atoms with Crippen molar-refractivity contribution in [3.05, 3.63) is 71.4 Å². The number of piperazine rings is 1. The summed E-state index contributed by atoms with van der Waals surface area (Å²) >= 11 is 0. The first kappa shape index (κ1) is 30.8. The highest BCUT2D eigenvalue weighted by Crippen LogP contribution is 2.40. The fraction of sp³-hybridized carbons (Fsp3) is 0.429. The monoisotopic (exact) mass is 591 g/mol. The number of carbonyl (C=O) groups is 1. The van der Waals surface area contributed by atoms with Crippen LogP contribution in [-0.4, -0.2) is 79.7 Å². The van der Waals surface area contributed by atoms with Crippen molar-refractivity contribution < 1.29 is 9.53 Å². The van der Waals surface area contributed by atoms with Crippen molar-refractivity contribution in [3.8, 4) is 18.0 Å². The summed E-state index contributed by atoms with van der Waals surface area (Å²) in [7, 11) is 4.01. The number of pyridine rings is 1. The van der Waals surface area contributed by atoms with Crippen LogP contribution in [0.25, 0.3) is 10.8 Å². The molecule has 0 aliphatic carbocycles. The first-order valence-corrected chi connectivity index (χ1v) is 15.3. The number of anilines is 2. The van der Waals surface area contributed by atoms with Crippen molar-refractivity contribution in [1.82, 2.24) is 14.8 Å². The Morgan fingerprint density at radius 1 is 1.18 bits per heavy atom. The van der Waals surface area contributed by atoms with Crippen LogP contribution >= 0.6 is 0 Å². The predicted octanol–water partition coefficient (Wildman–Crippen LogP) is 4.81. The lowest BCUT2D eigenvalue weighted by atomic mass is 9.95. The molecule has 2 atom stereocenters. The average molecular weight is 592 g/mol. The van der Waals surface area contributed by atoms with E-state index in [1.165, 1.54) is 28.1 Å². The van der Waals surface area contributed by atoms with Gasteiger partial charge in [0.2, 0.25) is 11.8 Å². The van der Waals surface area contributed by atoms with E-state index in [0.29, 0.717) is 50.6 Å². The lowest BCUT2D eigenvalue weighted by Crippen LogP contribution is -2.55. The number of benzene rings is 2. The highest BCUT2D eigenvalue weighted by atomic mass is 16.5. The molecule has 1 amide bonds. The summed E-state index contributed by atoms with van der Waals surface area (Å²) in [5.74, 6) is 0.175. The molecule has 1 fully saturated rings. The number of likely N-dealkylation sites (N-methyl/N-ethyl adjacent to an activating group) is 1.